The third-order valence-corrected chi connectivity index (χ3v) is 3.64. The molecular weight excluding hydrogens is 250 g/mol. The summed E-state index contributed by atoms with van der Waals surface area (Å²) < 4.78 is 5.36. The second-order valence-electron chi connectivity index (χ2n) is 4.76. The lowest BCUT2D eigenvalue weighted by Crippen LogP contribution is -2.30. The Kier molecular flexibility index (Phi) is 4.61. The predicted molar refractivity (Wildman–Crippen MR) is 73.7 cm³/mol. The van der Waals surface area contributed by atoms with Crippen molar-refractivity contribution in [1.82, 2.24) is 0 Å². The van der Waals surface area contributed by atoms with Crippen LogP contribution in [0.4, 0.5) is 5.69 Å². The molecule has 1 aromatic carbocycles. The predicted octanol–water partition coefficient (Wildman–Crippen LogP) is 3.02. The number of benzene rings is 1. The van der Waals surface area contributed by atoms with E-state index in [-0.39, 0.29) is 0 Å². The minimum Gasteiger partial charge on any atom is -0.381 e. The topological polar surface area (TPSA) is 29.5 Å². The third-order valence-electron chi connectivity index (χ3n) is 3.40. The summed E-state index contributed by atoms with van der Waals surface area (Å²) in [6.07, 6.45) is 3.05. The van der Waals surface area contributed by atoms with Crippen molar-refractivity contribution in [2.24, 2.45) is 5.92 Å². The zero-order valence-corrected chi connectivity index (χ0v) is 11.3. The molecule has 0 N–H and O–H groups in total. The van der Waals surface area contributed by atoms with Crippen molar-refractivity contribution in [3.63, 3.8) is 0 Å². The van der Waals surface area contributed by atoms with E-state index in [1.54, 1.807) is 6.07 Å². The number of anilines is 1. The molecule has 1 aromatic rings. The van der Waals surface area contributed by atoms with Crippen LogP contribution >= 0.6 is 11.6 Å². The maximum Gasteiger partial charge on any atom is 0.152 e. The average Bonchev–Trinajstić information content (AvgIpc) is 2.39. The fourth-order valence-corrected chi connectivity index (χ4v) is 2.56. The normalized spacial score (nSPS) is 16.6. The minimum atomic E-state index is 0.598. The number of halogens is 1. The Labute approximate surface area is 113 Å². The molecule has 1 aliphatic heterocycles. The first-order chi connectivity index (χ1) is 8.70. The lowest BCUT2D eigenvalue weighted by Gasteiger charge is -2.29. The lowest BCUT2D eigenvalue weighted by atomic mass is 9.99. The van der Waals surface area contributed by atoms with Crippen LogP contribution in [-0.2, 0) is 4.74 Å². The second kappa shape index (κ2) is 6.21. The first-order valence-electron chi connectivity index (χ1n) is 6.24. The van der Waals surface area contributed by atoms with Gasteiger partial charge in [-0.05, 0) is 37.0 Å². The van der Waals surface area contributed by atoms with Crippen LogP contribution in [0.3, 0.4) is 0 Å². The van der Waals surface area contributed by atoms with Gasteiger partial charge in [0.1, 0.15) is 0 Å². The number of hydrogen-bond acceptors (Lipinski definition) is 3. The summed E-state index contributed by atoms with van der Waals surface area (Å²) in [5.74, 6) is 0.638. The summed E-state index contributed by atoms with van der Waals surface area (Å²) in [6.45, 7) is 2.64. The minimum absolute atomic E-state index is 0.598. The van der Waals surface area contributed by atoms with Crippen LogP contribution in [0.25, 0.3) is 0 Å². The van der Waals surface area contributed by atoms with E-state index in [1.807, 2.05) is 19.2 Å². The number of aldehydes is 1. The molecule has 1 aliphatic rings. The van der Waals surface area contributed by atoms with Gasteiger partial charge in [-0.1, -0.05) is 11.6 Å². The Balaban J connectivity index is 2.07. The number of carbonyl (C=O) groups excluding carboxylic acids is 1. The molecule has 0 unspecified atom stereocenters. The molecule has 0 atom stereocenters. The first-order valence-corrected chi connectivity index (χ1v) is 6.62. The highest BCUT2D eigenvalue weighted by Crippen LogP contribution is 2.24. The summed E-state index contributed by atoms with van der Waals surface area (Å²) in [5.41, 5.74) is 1.60. The van der Waals surface area contributed by atoms with Gasteiger partial charge in [0.25, 0.3) is 0 Å². The van der Waals surface area contributed by atoms with Gasteiger partial charge in [0.05, 0.1) is 0 Å². The van der Waals surface area contributed by atoms with Gasteiger partial charge in [0.15, 0.2) is 6.29 Å². The Bertz CT molecular complexity index is 416. The van der Waals surface area contributed by atoms with Crippen LogP contribution in [0.1, 0.15) is 23.2 Å². The Hall–Kier alpha value is -1.06. The van der Waals surface area contributed by atoms with E-state index in [0.29, 0.717) is 16.5 Å². The van der Waals surface area contributed by atoms with Crippen molar-refractivity contribution in [3.05, 3.63) is 28.8 Å². The number of ether oxygens (including phenoxy) is 1. The number of hydrogen-bond donors (Lipinski definition) is 0. The molecule has 1 heterocycles. The molecule has 0 saturated carbocycles. The van der Waals surface area contributed by atoms with Crippen molar-refractivity contribution in [1.29, 1.82) is 0 Å². The molecule has 98 valence electrons. The number of rotatable bonds is 4. The van der Waals surface area contributed by atoms with Gasteiger partial charge in [-0.25, -0.2) is 0 Å². The molecule has 1 saturated heterocycles. The van der Waals surface area contributed by atoms with Crippen LogP contribution in [0, 0.1) is 5.92 Å². The highest BCUT2D eigenvalue weighted by molar-refractivity contribution is 6.31. The Morgan fingerprint density at radius 3 is 2.83 bits per heavy atom. The van der Waals surface area contributed by atoms with Crippen LogP contribution in [-0.4, -0.2) is 33.1 Å². The fraction of sp³-hybridized carbons (Fsp3) is 0.500. The summed E-state index contributed by atoms with van der Waals surface area (Å²) in [7, 11) is 2.02. The van der Waals surface area contributed by atoms with Gasteiger partial charge in [-0.15, -0.1) is 0 Å². The molecule has 0 aromatic heterocycles. The van der Waals surface area contributed by atoms with Gasteiger partial charge < -0.3 is 9.64 Å². The largest absolute Gasteiger partial charge is 0.381 e. The van der Waals surface area contributed by atoms with E-state index in [0.717, 1.165) is 44.6 Å². The van der Waals surface area contributed by atoms with Crippen LogP contribution in [0.2, 0.25) is 5.02 Å². The van der Waals surface area contributed by atoms with Crippen molar-refractivity contribution in [2.45, 2.75) is 12.8 Å². The molecule has 1 fully saturated rings. The van der Waals surface area contributed by atoms with Gasteiger partial charge in [0, 0.05) is 43.1 Å². The van der Waals surface area contributed by atoms with E-state index < -0.39 is 0 Å². The van der Waals surface area contributed by atoms with Gasteiger partial charge in [0.2, 0.25) is 0 Å². The quantitative estimate of drug-likeness (QED) is 0.786. The molecule has 3 nitrogen and oxygen atoms in total. The Morgan fingerprint density at radius 2 is 2.17 bits per heavy atom. The third kappa shape index (κ3) is 3.24. The number of nitrogens with zero attached hydrogens (tertiary/aromatic N) is 1. The van der Waals surface area contributed by atoms with Crippen molar-refractivity contribution >= 4 is 23.6 Å². The summed E-state index contributed by atoms with van der Waals surface area (Å²) in [5, 5.41) is 0.598. The first kappa shape index (κ1) is 13.4. The van der Waals surface area contributed by atoms with Gasteiger partial charge in [-0.2, -0.15) is 0 Å². The number of carbonyl (C=O) groups is 1. The summed E-state index contributed by atoms with van der Waals surface area (Å²) in [6, 6.07) is 5.44. The smallest absolute Gasteiger partial charge is 0.152 e. The van der Waals surface area contributed by atoms with E-state index in [9.17, 15) is 4.79 Å². The molecule has 18 heavy (non-hydrogen) atoms. The summed E-state index contributed by atoms with van der Waals surface area (Å²) >= 11 is 5.90. The van der Waals surface area contributed by atoms with Gasteiger partial charge >= 0.3 is 0 Å². The average molecular weight is 268 g/mol. The zero-order chi connectivity index (χ0) is 13.0. The van der Waals surface area contributed by atoms with Crippen LogP contribution in [0.15, 0.2) is 18.2 Å². The van der Waals surface area contributed by atoms with E-state index in [1.165, 1.54) is 0 Å². The molecular formula is C14H18ClNO2. The maximum absolute atomic E-state index is 11.1. The molecule has 2 rings (SSSR count). The molecule has 0 radical (unpaired) electrons. The van der Waals surface area contributed by atoms with E-state index in [4.69, 9.17) is 16.3 Å². The molecule has 0 bridgehead atoms. The Morgan fingerprint density at radius 1 is 1.44 bits per heavy atom. The molecule has 0 amide bonds. The fourth-order valence-electron chi connectivity index (χ4n) is 2.38. The molecule has 0 spiro atoms. The van der Waals surface area contributed by atoms with E-state index >= 15 is 0 Å². The van der Waals surface area contributed by atoms with Crippen molar-refractivity contribution in [2.75, 3.05) is 31.7 Å². The highest BCUT2D eigenvalue weighted by atomic mass is 35.5. The molecule has 0 aliphatic carbocycles. The van der Waals surface area contributed by atoms with Gasteiger partial charge in [-0.3, -0.25) is 4.79 Å². The monoisotopic (exact) mass is 267 g/mol. The van der Waals surface area contributed by atoms with Crippen LogP contribution in [0.5, 0.6) is 0 Å². The SMILES string of the molecule is CN(CC1CCOCC1)c1ccc(Cl)cc1C=O. The lowest BCUT2D eigenvalue weighted by molar-refractivity contribution is 0.0685. The molecule has 4 heteroatoms. The van der Waals surface area contributed by atoms with Crippen molar-refractivity contribution in [3.8, 4) is 0 Å². The maximum atomic E-state index is 11.1. The second-order valence-corrected chi connectivity index (χ2v) is 5.19. The summed E-state index contributed by atoms with van der Waals surface area (Å²) in [4.78, 5) is 13.2. The van der Waals surface area contributed by atoms with E-state index in [2.05, 4.69) is 4.90 Å². The van der Waals surface area contributed by atoms with Crippen LogP contribution < -0.4 is 4.90 Å². The van der Waals surface area contributed by atoms with Crippen molar-refractivity contribution < 1.29 is 9.53 Å². The highest BCUT2D eigenvalue weighted by Gasteiger charge is 2.17. The standard InChI is InChI=1S/C14H18ClNO2/c1-16(9-11-4-6-18-7-5-11)14-3-2-13(15)8-12(14)10-17/h2-3,8,10-11H,4-7,9H2,1H3. The zero-order valence-electron chi connectivity index (χ0n) is 10.6.